The summed E-state index contributed by atoms with van der Waals surface area (Å²) in [6.45, 7) is 5.34. The van der Waals surface area contributed by atoms with Crippen molar-refractivity contribution in [3.63, 3.8) is 0 Å². The van der Waals surface area contributed by atoms with E-state index in [2.05, 4.69) is 42.3 Å². The van der Waals surface area contributed by atoms with Crippen LogP contribution in [0.25, 0.3) is 10.2 Å². The number of benzene rings is 1. The van der Waals surface area contributed by atoms with Crippen molar-refractivity contribution in [1.29, 1.82) is 0 Å². The third-order valence-electron chi connectivity index (χ3n) is 2.35. The monoisotopic (exact) mass is 220 g/mol. The van der Waals surface area contributed by atoms with Gasteiger partial charge in [-0.15, -0.1) is 0 Å². The SMILES string of the molecule is CCCCNc1nc2ccc(C)cc2s1. The van der Waals surface area contributed by atoms with Crippen LogP contribution in [0.2, 0.25) is 0 Å². The second kappa shape index (κ2) is 4.62. The number of thiazole rings is 1. The van der Waals surface area contributed by atoms with Crippen molar-refractivity contribution in [2.24, 2.45) is 0 Å². The second-order valence-corrected chi connectivity index (χ2v) is 4.80. The van der Waals surface area contributed by atoms with Crippen LogP contribution < -0.4 is 5.32 Å². The summed E-state index contributed by atoms with van der Waals surface area (Å²) in [7, 11) is 0. The molecule has 0 bridgehead atoms. The van der Waals surface area contributed by atoms with Crippen molar-refractivity contribution >= 4 is 26.7 Å². The Labute approximate surface area is 94.3 Å². The van der Waals surface area contributed by atoms with Gasteiger partial charge >= 0.3 is 0 Å². The summed E-state index contributed by atoms with van der Waals surface area (Å²) in [5, 5.41) is 4.41. The molecule has 0 spiro atoms. The van der Waals surface area contributed by atoms with Crippen molar-refractivity contribution in [3.8, 4) is 0 Å². The lowest BCUT2D eigenvalue weighted by atomic mass is 10.2. The average molecular weight is 220 g/mol. The van der Waals surface area contributed by atoms with Crippen LogP contribution in [0.5, 0.6) is 0 Å². The number of hydrogen-bond acceptors (Lipinski definition) is 3. The first-order chi connectivity index (χ1) is 7.29. The molecule has 0 saturated carbocycles. The number of hydrogen-bond donors (Lipinski definition) is 1. The zero-order valence-electron chi connectivity index (χ0n) is 9.21. The molecule has 2 rings (SSSR count). The molecule has 1 aromatic carbocycles. The maximum Gasteiger partial charge on any atom is 0.183 e. The molecular formula is C12H16N2S. The Morgan fingerprint density at radius 3 is 3.07 bits per heavy atom. The van der Waals surface area contributed by atoms with Gasteiger partial charge in [0, 0.05) is 6.54 Å². The smallest absolute Gasteiger partial charge is 0.183 e. The molecule has 1 N–H and O–H groups in total. The molecule has 15 heavy (non-hydrogen) atoms. The lowest BCUT2D eigenvalue weighted by Crippen LogP contribution is -1.99. The van der Waals surface area contributed by atoms with Crippen molar-refractivity contribution in [1.82, 2.24) is 4.98 Å². The van der Waals surface area contributed by atoms with Crippen molar-refractivity contribution < 1.29 is 0 Å². The van der Waals surface area contributed by atoms with Gasteiger partial charge in [-0.3, -0.25) is 0 Å². The molecule has 0 aliphatic heterocycles. The molecule has 2 aromatic rings. The molecule has 1 heterocycles. The van der Waals surface area contributed by atoms with E-state index in [1.807, 2.05) is 0 Å². The predicted molar refractivity (Wildman–Crippen MR) is 67.8 cm³/mol. The number of aryl methyl sites for hydroxylation is 1. The van der Waals surface area contributed by atoms with E-state index in [4.69, 9.17) is 0 Å². The van der Waals surface area contributed by atoms with E-state index in [1.165, 1.54) is 23.1 Å². The van der Waals surface area contributed by atoms with Crippen LogP contribution in [0.1, 0.15) is 25.3 Å². The van der Waals surface area contributed by atoms with Gasteiger partial charge < -0.3 is 5.32 Å². The van der Waals surface area contributed by atoms with E-state index < -0.39 is 0 Å². The predicted octanol–water partition coefficient (Wildman–Crippen LogP) is 3.82. The number of nitrogens with one attached hydrogen (secondary N) is 1. The number of aromatic nitrogens is 1. The first-order valence-electron chi connectivity index (χ1n) is 5.40. The van der Waals surface area contributed by atoms with E-state index in [0.717, 1.165) is 17.2 Å². The van der Waals surface area contributed by atoms with Crippen molar-refractivity contribution in [2.75, 3.05) is 11.9 Å². The highest BCUT2D eigenvalue weighted by Gasteiger charge is 2.02. The van der Waals surface area contributed by atoms with Gasteiger partial charge in [-0.25, -0.2) is 4.98 Å². The van der Waals surface area contributed by atoms with Gasteiger partial charge in [-0.2, -0.15) is 0 Å². The molecule has 0 atom stereocenters. The highest BCUT2D eigenvalue weighted by atomic mass is 32.1. The van der Waals surface area contributed by atoms with Gasteiger partial charge in [-0.05, 0) is 31.0 Å². The first kappa shape index (κ1) is 10.4. The average Bonchev–Trinajstić information content (AvgIpc) is 2.60. The maximum atomic E-state index is 4.53. The van der Waals surface area contributed by atoms with E-state index in [9.17, 15) is 0 Å². The lowest BCUT2D eigenvalue weighted by Gasteiger charge is -1.98. The fourth-order valence-electron chi connectivity index (χ4n) is 1.48. The van der Waals surface area contributed by atoms with Crippen LogP contribution in [0.15, 0.2) is 18.2 Å². The van der Waals surface area contributed by atoms with E-state index >= 15 is 0 Å². The minimum Gasteiger partial charge on any atom is -0.361 e. The largest absolute Gasteiger partial charge is 0.361 e. The van der Waals surface area contributed by atoms with Crippen LogP contribution in [0, 0.1) is 6.92 Å². The zero-order valence-corrected chi connectivity index (χ0v) is 10.0. The van der Waals surface area contributed by atoms with Crippen LogP contribution in [0.3, 0.4) is 0 Å². The van der Waals surface area contributed by atoms with Gasteiger partial charge in [0.2, 0.25) is 0 Å². The van der Waals surface area contributed by atoms with Gasteiger partial charge in [-0.1, -0.05) is 30.7 Å². The molecule has 3 heteroatoms. The Balaban J connectivity index is 2.16. The quantitative estimate of drug-likeness (QED) is 0.792. The third kappa shape index (κ3) is 2.48. The van der Waals surface area contributed by atoms with Crippen LogP contribution in [0.4, 0.5) is 5.13 Å². The highest BCUT2D eigenvalue weighted by Crippen LogP contribution is 2.26. The second-order valence-electron chi connectivity index (χ2n) is 3.77. The summed E-state index contributed by atoms with van der Waals surface area (Å²) >= 11 is 1.74. The summed E-state index contributed by atoms with van der Waals surface area (Å²) < 4.78 is 1.27. The van der Waals surface area contributed by atoms with Crippen molar-refractivity contribution in [3.05, 3.63) is 23.8 Å². The maximum absolute atomic E-state index is 4.53. The molecule has 0 aliphatic carbocycles. The standard InChI is InChI=1S/C12H16N2S/c1-3-4-7-13-12-14-10-6-5-9(2)8-11(10)15-12/h5-6,8H,3-4,7H2,1-2H3,(H,13,14). The normalized spacial score (nSPS) is 10.8. The van der Waals surface area contributed by atoms with Gasteiger partial charge in [0.05, 0.1) is 10.2 Å². The van der Waals surface area contributed by atoms with Crippen LogP contribution in [-0.4, -0.2) is 11.5 Å². The van der Waals surface area contributed by atoms with E-state index in [0.29, 0.717) is 0 Å². The van der Waals surface area contributed by atoms with Gasteiger partial charge in [0.15, 0.2) is 5.13 Å². The zero-order chi connectivity index (χ0) is 10.7. The third-order valence-corrected chi connectivity index (χ3v) is 3.33. The topological polar surface area (TPSA) is 24.9 Å². The van der Waals surface area contributed by atoms with Crippen LogP contribution in [-0.2, 0) is 0 Å². The molecule has 80 valence electrons. The summed E-state index contributed by atoms with van der Waals surface area (Å²) in [6, 6.07) is 6.39. The minimum absolute atomic E-state index is 1.02. The molecule has 0 saturated heterocycles. The van der Waals surface area contributed by atoms with Gasteiger partial charge in [0.1, 0.15) is 0 Å². The van der Waals surface area contributed by atoms with E-state index in [1.54, 1.807) is 11.3 Å². The molecule has 0 fully saturated rings. The molecule has 0 radical (unpaired) electrons. The Morgan fingerprint density at radius 2 is 2.27 bits per heavy atom. The summed E-state index contributed by atoms with van der Waals surface area (Å²) in [5.41, 5.74) is 2.40. The van der Waals surface area contributed by atoms with Crippen LogP contribution >= 0.6 is 11.3 Å². The Bertz CT molecular complexity index is 448. The lowest BCUT2D eigenvalue weighted by molar-refractivity contribution is 0.834. The number of rotatable bonds is 4. The number of nitrogens with zero attached hydrogens (tertiary/aromatic N) is 1. The molecule has 1 aromatic heterocycles. The van der Waals surface area contributed by atoms with E-state index in [-0.39, 0.29) is 0 Å². The Hall–Kier alpha value is -1.09. The highest BCUT2D eigenvalue weighted by molar-refractivity contribution is 7.22. The molecule has 0 unspecified atom stereocenters. The molecule has 0 amide bonds. The fourth-order valence-corrected chi connectivity index (χ4v) is 2.47. The number of unbranched alkanes of at least 4 members (excludes halogenated alkanes) is 1. The molecule has 2 nitrogen and oxygen atoms in total. The summed E-state index contributed by atoms with van der Waals surface area (Å²) in [5.74, 6) is 0. The molecular weight excluding hydrogens is 204 g/mol. The first-order valence-corrected chi connectivity index (χ1v) is 6.22. The Kier molecular flexibility index (Phi) is 3.21. The van der Waals surface area contributed by atoms with Crippen molar-refractivity contribution in [2.45, 2.75) is 26.7 Å². The molecule has 0 aliphatic rings. The number of anilines is 1. The fraction of sp³-hybridized carbons (Fsp3) is 0.417. The summed E-state index contributed by atoms with van der Waals surface area (Å²) in [4.78, 5) is 4.53. The Morgan fingerprint density at radius 1 is 1.40 bits per heavy atom. The minimum atomic E-state index is 1.02. The number of fused-ring (bicyclic) bond motifs is 1. The van der Waals surface area contributed by atoms with Gasteiger partial charge in [0.25, 0.3) is 0 Å². The summed E-state index contributed by atoms with van der Waals surface area (Å²) in [6.07, 6.45) is 2.42.